The molecule has 1 fully saturated rings. The lowest BCUT2D eigenvalue weighted by Gasteiger charge is -2.49. The number of nitrogens with one attached hydrogen (secondary N) is 1. The molecule has 2 aliphatic rings. The van der Waals surface area contributed by atoms with Crippen LogP contribution in [0.1, 0.15) is 12.6 Å². The summed E-state index contributed by atoms with van der Waals surface area (Å²) in [6.45, 7) is 3.95. The number of carbonyl (C=O) groups excluding carboxylic acids is 2. The van der Waals surface area contributed by atoms with E-state index >= 15 is 0 Å². The zero-order valence-corrected chi connectivity index (χ0v) is 25.7. The number of benzene rings is 1. The summed E-state index contributed by atoms with van der Waals surface area (Å²) in [6.07, 6.45) is 0. The van der Waals surface area contributed by atoms with Crippen molar-refractivity contribution in [2.45, 2.75) is 40.3 Å². The van der Waals surface area contributed by atoms with Gasteiger partial charge in [-0.1, -0.05) is 53.6 Å². The van der Waals surface area contributed by atoms with Crippen molar-refractivity contribution in [2.75, 3.05) is 22.3 Å². The van der Waals surface area contributed by atoms with E-state index in [4.69, 9.17) is 23.2 Å². The number of amides is 2. The number of aryl methyl sites for hydroxylation is 1. The van der Waals surface area contributed by atoms with Crippen molar-refractivity contribution in [1.29, 1.82) is 0 Å². The van der Waals surface area contributed by atoms with Gasteiger partial charge in [-0.3, -0.25) is 14.5 Å². The minimum absolute atomic E-state index is 0.0176. The fourth-order valence-electron chi connectivity index (χ4n) is 3.59. The van der Waals surface area contributed by atoms with Gasteiger partial charge in [0.15, 0.2) is 5.16 Å². The molecule has 8 nitrogen and oxygen atoms in total. The fraction of sp³-hybridized carbons (Fsp3) is 0.348. The van der Waals surface area contributed by atoms with Crippen LogP contribution >= 0.6 is 82.0 Å². The zero-order chi connectivity index (χ0) is 27.4. The van der Waals surface area contributed by atoms with Gasteiger partial charge >= 0.3 is 5.97 Å². The first-order valence-corrected chi connectivity index (χ1v) is 16.9. The summed E-state index contributed by atoms with van der Waals surface area (Å²) in [7, 11) is 0. The Morgan fingerprint density at radius 1 is 1.18 bits per heavy atom. The summed E-state index contributed by atoms with van der Waals surface area (Å²) in [6, 6.07) is 6.10. The molecular formula is C23H22Cl2N4O4S5. The summed E-state index contributed by atoms with van der Waals surface area (Å²) in [5, 5.41) is 15.2. The van der Waals surface area contributed by atoms with Crippen LogP contribution in [0.3, 0.4) is 0 Å². The third-order valence-electron chi connectivity index (χ3n) is 5.23. The van der Waals surface area contributed by atoms with E-state index in [1.807, 2.05) is 19.9 Å². The fourth-order valence-corrected chi connectivity index (χ4v) is 9.33. The number of nitrogens with zero attached hydrogens (tertiary/aromatic N) is 3. The number of hydrogen-bond donors (Lipinski definition) is 2. The molecule has 15 heteroatoms. The Bertz CT molecular complexity index is 1300. The number of carbonyl (C=O) groups is 3. The van der Waals surface area contributed by atoms with Crippen LogP contribution in [-0.4, -0.2) is 71.5 Å². The molecule has 2 atom stereocenters. The lowest BCUT2D eigenvalue weighted by Crippen LogP contribution is -2.70. The maximum Gasteiger partial charge on any atom is 0.353 e. The average molecular weight is 650 g/mol. The first kappa shape index (κ1) is 29.8. The van der Waals surface area contributed by atoms with Crippen molar-refractivity contribution >= 4 is 99.8 Å². The molecule has 3 heterocycles. The number of aromatic nitrogens is 2. The van der Waals surface area contributed by atoms with Crippen molar-refractivity contribution < 1.29 is 19.5 Å². The van der Waals surface area contributed by atoms with Gasteiger partial charge in [-0.25, -0.2) is 14.8 Å². The predicted molar refractivity (Wildman–Crippen MR) is 158 cm³/mol. The molecular weight excluding hydrogens is 628 g/mol. The van der Waals surface area contributed by atoms with Crippen molar-refractivity contribution in [1.82, 2.24) is 20.2 Å². The maximum atomic E-state index is 12.9. The van der Waals surface area contributed by atoms with Crippen LogP contribution in [0.2, 0.25) is 10.0 Å². The van der Waals surface area contributed by atoms with Crippen LogP contribution in [0, 0.1) is 6.92 Å². The Balaban J connectivity index is 1.35. The summed E-state index contributed by atoms with van der Waals surface area (Å²) in [5.74, 6) is -0.593. The molecule has 1 aromatic carbocycles. The van der Waals surface area contributed by atoms with E-state index in [0.29, 0.717) is 30.7 Å². The van der Waals surface area contributed by atoms with E-state index in [9.17, 15) is 19.5 Å². The molecule has 2 amide bonds. The summed E-state index contributed by atoms with van der Waals surface area (Å²) >= 11 is 19.2. The van der Waals surface area contributed by atoms with Gasteiger partial charge in [-0.05, 0) is 36.9 Å². The molecule has 1 aromatic heterocycles. The smallest absolute Gasteiger partial charge is 0.353 e. The van der Waals surface area contributed by atoms with Crippen LogP contribution in [0.5, 0.6) is 0 Å². The van der Waals surface area contributed by atoms with E-state index < -0.39 is 23.3 Å². The molecule has 4 rings (SSSR count). The molecule has 0 aliphatic carbocycles. The van der Waals surface area contributed by atoms with E-state index in [1.54, 1.807) is 30.0 Å². The van der Waals surface area contributed by atoms with Crippen molar-refractivity contribution in [3.05, 3.63) is 50.6 Å². The molecule has 38 heavy (non-hydrogen) atoms. The van der Waals surface area contributed by atoms with Crippen LogP contribution in [-0.2, 0) is 14.4 Å². The second kappa shape index (κ2) is 13.4. The van der Waals surface area contributed by atoms with Crippen molar-refractivity contribution in [3.8, 4) is 0 Å². The van der Waals surface area contributed by atoms with Gasteiger partial charge in [0, 0.05) is 31.4 Å². The number of carboxylic acid groups (broad SMARTS) is 1. The second-order valence-corrected chi connectivity index (χ2v) is 14.5. The van der Waals surface area contributed by atoms with Gasteiger partial charge in [0.05, 0.1) is 10.8 Å². The number of rotatable bonds is 11. The average Bonchev–Trinajstić information content (AvgIpc) is 2.87. The molecule has 1 unspecified atom stereocenters. The number of β-lactam (4-membered cyclic amide) rings is 1. The molecule has 0 bridgehead atoms. The van der Waals surface area contributed by atoms with E-state index in [0.717, 1.165) is 21.6 Å². The number of fused-ring (bicyclic) bond motifs is 1. The Hall–Kier alpha value is -1.22. The molecule has 2 aliphatic heterocycles. The summed E-state index contributed by atoms with van der Waals surface area (Å²) < 4.78 is 0. The quantitative estimate of drug-likeness (QED) is 0.106. The van der Waals surface area contributed by atoms with Gasteiger partial charge in [0.25, 0.3) is 5.91 Å². The van der Waals surface area contributed by atoms with Gasteiger partial charge < -0.3 is 10.4 Å². The van der Waals surface area contributed by atoms with Gasteiger partial charge in [-0.15, -0.1) is 35.3 Å². The zero-order valence-electron chi connectivity index (χ0n) is 20.1. The number of thioether (sulfide) groups is 5. The lowest BCUT2D eigenvalue weighted by atomic mass is 10.1. The topological polar surface area (TPSA) is 112 Å². The van der Waals surface area contributed by atoms with Crippen LogP contribution in [0.25, 0.3) is 0 Å². The largest absolute Gasteiger partial charge is 0.477 e. The molecule has 0 spiro atoms. The first-order valence-electron chi connectivity index (χ1n) is 11.2. The summed E-state index contributed by atoms with van der Waals surface area (Å²) in [4.78, 5) is 49.1. The molecule has 2 aromatic rings. The van der Waals surface area contributed by atoms with E-state index in [-0.39, 0.29) is 17.4 Å². The van der Waals surface area contributed by atoms with Gasteiger partial charge in [-0.2, -0.15) is 0 Å². The Kier molecular flexibility index (Phi) is 10.5. The number of aliphatic carboxylic acids is 1. The Morgan fingerprint density at radius 2 is 1.97 bits per heavy atom. The van der Waals surface area contributed by atoms with Crippen LogP contribution in [0.15, 0.2) is 49.9 Å². The third kappa shape index (κ3) is 7.10. The molecule has 202 valence electrons. The minimum Gasteiger partial charge on any atom is -0.477 e. The van der Waals surface area contributed by atoms with Gasteiger partial charge in [0.2, 0.25) is 5.91 Å². The highest BCUT2D eigenvalue weighted by molar-refractivity contribution is 8.18. The molecule has 0 radical (unpaired) electrons. The predicted octanol–water partition coefficient (Wildman–Crippen LogP) is 5.48. The maximum absolute atomic E-state index is 12.9. The Morgan fingerprint density at radius 3 is 2.71 bits per heavy atom. The lowest BCUT2D eigenvalue weighted by molar-refractivity contribution is -0.150. The second-order valence-electron chi connectivity index (χ2n) is 7.87. The molecule has 1 saturated heterocycles. The van der Waals surface area contributed by atoms with E-state index in [2.05, 4.69) is 15.3 Å². The van der Waals surface area contributed by atoms with Crippen LogP contribution < -0.4 is 5.32 Å². The Labute approximate surface area is 251 Å². The number of hydrogen-bond acceptors (Lipinski definition) is 10. The molecule has 0 saturated carbocycles. The normalized spacial score (nSPS) is 18.7. The number of carboxylic acids is 1. The first-order chi connectivity index (χ1) is 18.2. The third-order valence-corrected chi connectivity index (χ3v) is 11.3. The highest BCUT2D eigenvalue weighted by Crippen LogP contribution is 2.44. The van der Waals surface area contributed by atoms with Crippen molar-refractivity contribution in [3.63, 3.8) is 0 Å². The summed E-state index contributed by atoms with van der Waals surface area (Å²) in [5.41, 5.74) is 0.856. The van der Waals surface area contributed by atoms with Crippen LogP contribution in [0.4, 0.5) is 0 Å². The van der Waals surface area contributed by atoms with Crippen molar-refractivity contribution in [2.24, 2.45) is 0 Å². The van der Waals surface area contributed by atoms with Gasteiger partial charge in [0.1, 0.15) is 22.1 Å². The highest BCUT2D eigenvalue weighted by Gasteiger charge is 2.54. The number of halogens is 2. The molecule has 2 N–H and O–H groups in total. The van der Waals surface area contributed by atoms with E-state index in [1.165, 1.54) is 51.9 Å². The highest BCUT2D eigenvalue weighted by atomic mass is 35.5. The SMILES string of the molecule is CCSc1nc(C)cc(SCSC2=C(C(=O)O)N3C(=O)C(NC(=O)CSc4cc(Cl)ccc4Cl)[C@H]3SC2)n1. The monoisotopic (exact) mass is 648 g/mol. The standard InChI is InChI=1S/C23H22Cl2N4O4S5/c1-3-34-23-26-11(2)6-17(28-23)38-10-37-15-8-36-21-18(20(31)29(21)19(15)22(32)33)27-16(30)9-35-14-7-12(24)4-5-13(14)25/h4-7,18,21H,3,8-10H2,1-2H3,(H,27,30)(H,32,33)/t18?,21-/m1/s1. The minimum atomic E-state index is -1.16.